The molecule has 0 heterocycles. The highest BCUT2D eigenvalue weighted by molar-refractivity contribution is 5.80. The first-order valence-corrected chi connectivity index (χ1v) is 11.0. The summed E-state index contributed by atoms with van der Waals surface area (Å²) in [4.78, 5) is 27.2. The molecule has 0 aliphatic carbocycles. The summed E-state index contributed by atoms with van der Waals surface area (Å²) in [5.74, 6) is -1.24. The van der Waals surface area contributed by atoms with E-state index < -0.39 is 11.5 Å². The summed E-state index contributed by atoms with van der Waals surface area (Å²) in [6.07, 6.45) is 0.554. The maximum Gasteiger partial charge on any atom is 0.309 e. The molecule has 0 saturated heterocycles. The van der Waals surface area contributed by atoms with Crippen molar-refractivity contribution in [3.05, 3.63) is 71.8 Å². The zero-order chi connectivity index (χ0) is 22.7. The van der Waals surface area contributed by atoms with Crippen molar-refractivity contribution in [2.24, 2.45) is 5.92 Å². The van der Waals surface area contributed by atoms with Crippen LogP contribution in [0.3, 0.4) is 0 Å². The van der Waals surface area contributed by atoms with Crippen molar-refractivity contribution in [2.75, 3.05) is 13.2 Å². The highest BCUT2D eigenvalue weighted by Gasteiger charge is 2.27. The zero-order valence-corrected chi connectivity index (χ0v) is 19.2. The lowest BCUT2D eigenvalue weighted by atomic mass is 10.0. The van der Waals surface area contributed by atoms with E-state index in [9.17, 15) is 9.59 Å². The van der Waals surface area contributed by atoms with Crippen LogP contribution < -0.4 is 0 Å². The van der Waals surface area contributed by atoms with Gasteiger partial charge in [0, 0.05) is 13.1 Å². The molecule has 2 aromatic rings. The van der Waals surface area contributed by atoms with Crippen LogP contribution in [0.25, 0.3) is 0 Å². The largest absolute Gasteiger partial charge is 0.466 e. The van der Waals surface area contributed by atoms with Crippen molar-refractivity contribution in [3.63, 3.8) is 0 Å². The van der Waals surface area contributed by atoms with Gasteiger partial charge in [-0.1, -0.05) is 60.7 Å². The van der Waals surface area contributed by atoms with E-state index >= 15 is 0 Å². The van der Waals surface area contributed by atoms with Gasteiger partial charge in [0.1, 0.15) is 5.60 Å². The molecule has 168 valence electrons. The number of ether oxygens (including phenoxy) is 2. The third-order valence-corrected chi connectivity index (χ3v) is 4.74. The van der Waals surface area contributed by atoms with Crippen LogP contribution in [0.15, 0.2) is 60.7 Å². The van der Waals surface area contributed by atoms with Gasteiger partial charge in [0.15, 0.2) is 0 Å². The van der Waals surface area contributed by atoms with Crippen molar-refractivity contribution in [3.8, 4) is 0 Å². The molecule has 1 unspecified atom stereocenters. The van der Waals surface area contributed by atoms with Crippen LogP contribution in [0.5, 0.6) is 0 Å². The summed E-state index contributed by atoms with van der Waals surface area (Å²) < 4.78 is 10.7. The van der Waals surface area contributed by atoms with Gasteiger partial charge in [0.05, 0.1) is 18.9 Å². The van der Waals surface area contributed by atoms with Gasteiger partial charge in [-0.3, -0.25) is 14.5 Å². The minimum absolute atomic E-state index is 0.0284. The molecule has 0 N–H and O–H groups in total. The number of carbonyl (C=O) groups excluding carboxylic acids is 2. The molecule has 31 heavy (non-hydrogen) atoms. The lowest BCUT2D eigenvalue weighted by molar-refractivity contribution is -0.161. The second-order valence-electron chi connectivity index (χ2n) is 8.71. The number of esters is 2. The van der Waals surface area contributed by atoms with E-state index in [1.807, 2.05) is 57.2 Å². The molecule has 0 aliphatic heterocycles. The maximum absolute atomic E-state index is 12.5. The van der Waals surface area contributed by atoms with Gasteiger partial charge in [-0.2, -0.15) is 0 Å². The Kier molecular flexibility index (Phi) is 9.73. The van der Waals surface area contributed by atoms with Crippen molar-refractivity contribution in [2.45, 2.75) is 59.2 Å². The highest BCUT2D eigenvalue weighted by atomic mass is 16.6. The normalized spacial score (nSPS) is 12.4. The first-order chi connectivity index (χ1) is 14.8. The topological polar surface area (TPSA) is 55.8 Å². The summed E-state index contributed by atoms with van der Waals surface area (Å²) >= 11 is 0. The first kappa shape index (κ1) is 24.6. The van der Waals surface area contributed by atoms with Crippen LogP contribution in [0.1, 0.15) is 51.7 Å². The third kappa shape index (κ3) is 9.79. The standard InChI is InChI=1S/C26H35NO4/c1-5-30-25(29)23(18-24(28)31-26(2,3)4)16-17-27(19-21-12-8-6-9-13-21)20-22-14-10-7-11-15-22/h6-15,23H,5,16-20H2,1-4H3. The second kappa shape index (κ2) is 12.3. The van der Waals surface area contributed by atoms with E-state index in [2.05, 4.69) is 29.2 Å². The monoisotopic (exact) mass is 425 g/mol. The van der Waals surface area contributed by atoms with Gasteiger partial charge in [0.2, 0.25) is 0 Å². The molecule has 0 aromatic heterocycles. The lowest BCUT2D eigenvalue weighted by Crippen LogP contribution is -2.31. The van der Waals surface area contributed by atoms with Gasteiger partial charge >= 0.3 is 11.9 Å². The number of hydrogen-bond acceptors (Lipinski definition) is 5. The zero-order valence-electron chi connectivity index (χ0n) is 19.2. The Balaban J connectivity index is 2.08. The Labute approximate surface area is 186 Å². The van der Waals surface area contributed by atoms with Gasteiger partial charge in [-0.25, -0.2) is 0 Å². The Bertz CT molecular complexity index is 758. The Morgan fingerprint density at radius 1 is 0.903 bits per heavy atom. The average molecular weight is 426 g/mol. The van der Waals surface area contributed by atoms with Gasteiger partial charge in [-0.15, -0.1) is 0 Å². The third-order valence-electron chi connectivity index (χ3n) is 4.74. The lowest BCUT2D eigenvalue weighted by Gasteiger charge is -2.25. The van der Waals surface area contributed by atoms with E-state index in [1.165, 1.54) is 11.1 Å². The van der Waals surface area contributed by atoms with Crippen LogP contribution in [0.2, 0.25) is 0 Å². The minimum Gasteiger partial charge on any atom is -0.466 e. The smallest absolute Gasteiger partial charge is 0.309 e. The van der Waals surface area contributed by atoms with Crippen LogP contribution in [0.4, 0.5) is 0 Å². The van der Waals surface area contributed by atoms with E-state index in [-0.39, 0.29) is 18.4 Å². The molecule has 5 heteroatoms. The van der Waals surface area contributed by atoms with Crippen LogP contribution in [-0.2, 0) is 32.2 Å². The number of benzene rings is 2. The second-order valence-corrected chi connectivity index (χ2v) is 8.71. The maximum atomic E-state index is 12.5. The molecule has 2 rings (SSSR count). The predicted molar refractivity (Wildman–Crippen MR) is 122 cm³/mol. The van der Waals surface area contributed by atoms with Crippen LogP contribution >= 0.6 is 0 Å². The van der Waals surface area contributed by atoms with Crippen molar-refractivity contribution in [1.29, 1.82) is 0 Å². The molecule has 0 radical (unpaired) electrons. The van der Waals surface area contributed by atoms with E-state index in [0.29, 0.717) is 19.6 Å². The molecule has 2 aromatic carbocycles. The SMILES string of the molecule is CCOC(=O)C(CCN(Cc1ccccc1)Cc1ccccc1)CC(=O)OC(C)(C)C. The minimum atomic E-state index is -0.580. The van der Waals surface area contributed by atoms with E-state index in [1.54, 1.807) is 6.92 Å². The number of nitrogens with zero attached hydrogens (tertiary/aromatic N) is 1. The van der Waals surface area contributed by atoms with E-state index in [4.69, 9.17) is 9.47 Å². The molecule has 0 amide bonds. The molecular weight excluding hydrogens is 390 g/mol. The summed E-state index contributed by atoms with van der Waals surface area (Å²) in [6.45, 7) is 9.73. The van der Waals surface area contributed by atoms with Gasteiger partial charge in [-0.05, 0) is 51.8 Å². The molecule has 5 nitrogen and oxygen atoms in total. The summed E-state index contributed by atoms with van der Waals surface area (Å²) in [7, 11) is 0. The van der Waals surface area contributed by atoms with Crippen molar-refractivity contribution >= 4 is 11.9 Å². The summed E-state index contributed by atoms with van der Waals surface area (Å²) in [6, 6.07) is 20.5. The van der Waals surface area contributed by atoms with Crippen molar-refractivity contribution in [1.82, 2.24) is 4.90 Å². The fourth-order valence-electron chi connectivity index (χ4n) is 3.38. The fraction of sp³-hybridized carbons (Fsp3) is 0.462. The molecule has 0 fully saturated rings. The summed E-state index contributed by atoms with van der Waals surface area (Å²) in [5, 5.41) is 0. The van der Waals surface area contributed by atoms with Gasteiger partial charge < -0.3 is 9.47 Å². The van der Waals surface area contributed by atoms with E-state index in [0.717, 1.165) is 13.1 Å². The molecule has 1 atom stereocenters. The number of carbonyl (C=O) groups is 2. The average Bonchev–Trinajstić information content (AvgIpc) is 2.71. The highest BCUT2D eigenvalue weighted by Crippen LogP contribution is 2.19. The molecule has 0 bridgehead atoms. The Hall–Kier alpha value is -2.66. The number of rotatable bonds is 11. The molecule has 0 aliphatic rings. The molecule has 0 saturated carbocycles. The summed E-state index contributed by atoms with van der Waals surface area (Å²) in [5.41, 5.74) is 1.83. The quantitative estimate of drug-likeness (QED) is 0.475. The Morgan fingerprint density at radius 2 is 1.42 bits per heavy atom. The Morgan fingerprint density at radius 3 is 1.87 bits per heavy atom. The van der Waals surface area contributed by atoms with Crippen LogP contribution in [-0.4, -0.2) is 35.6 Å². The molecule has 0 spiro atoms. The predicted octanol–water partition coefficient (Wildman–Crippen LogP) is 4.99. The van der Waals surface area contributed by atoms with Gasteiger partial charge in [0.25, 0.3) is 0 Å². The van der Waals surface area contributed by atoms with Crippen LogP contribution in [0, 0.1) is 5.92 Å². The first-order valence-electron chi connectivity index (χ1n) is 11.0. The fourth-order valence-corrected chi connectivity index (χ4v) is 3.38. The van der Waals surface area contributed by atoms with Crippen molar-refractivity contribution < 1.29 is 19.1 Å². The molecular formula is C26H35NO4. The number of hydrogen-bond donors (Lipinski definition) is 0.